The molecule has 0 radical (unpaired) electrons. The van der Waals surface area contributed by atoms with Gasteiger partial charge in [-0.25, -0.2) is 4.98 Å². The number of hydrogen-bond acceptors (Lipinski definition) is 2. The monoisotopic (exact) mass is 483 g/mol. The number of hydrogen-bond donors (Lipinski definition) is 2. The molecule has 1 atom stereocenters. The Hall–Kier alpha value is -1.57. The molecule has 0 saturated carbocycles. The minimum absolute atomic E-state index is 0. The summed E-state index contributed by atoms with van der Waals surface area (Å²) in [6, 6.07) is 9.01. The summed E-state index contributed by atoms with van der Waals surface area (Å²) in [5.74, 6) is 0.853. The lowest BCUT2D eigenvalue weighted by Crippen LogP contribution is -2.42. The van der Waals surface area contributed by atoms with Gasteiger partial charge in [0.2, 0.25) is 0 Å². The normalized spacial score (nSPS) is 13.0. The van der Waals surface area contributed by atoms with Gasteiger partial charge in [0.1, 0.15) is 0 Å². The van der Waals surface area contributed by atoms with Gasteiger partial charge in [0.15, 0.2) is 5.96 Å². The molecule has 1 unspecified atom stereocenters. The minimum Gasteiger partial charge on any atom is -0.354 e. The van der Waals surface area contributed by atoms with Gasteiger partial charge in [-0.2, -0.15) is 0 Å². The smallest absolute Gasteiger partial charge is 0.191 e. The summed E-state index contributed by atoms with van der Waals surface area (Å²) < 4.78 is 2.07. The van der Waals surface area contributed by atoms with Crippen molar-refractivity contribution >= 4 is 29.9 Å². The fraction of sp³-hybridized carbons (Fsp3) is 0.524. The van der Waals surface area contributed by atoms with E-state index in [1.807, 2.05) is 25.8 Å². The van der Waals surface area contributed by atoms with Crippen LogP contribution in [0.5, 0.6) is 0 Å². The quantitative estimate of drug-likeness (QED) is 0.348. The third-order valence-electron chi connectivity index (χ3n) is 4.31. The molecule has 1 aromatic heterocycles. The molecule has 1 heterocycles. The Morgan fingerprint density at radius 1 is 1.26 bits per heavy atom. The van der Waals surface area contributed by atoms with E-state index in [0.717, 1.165) is 25.5 Å². The molecule has 2 rings (SSSR count). The van der Waals surface area contributed by atoms with E-state index in [-0.39, 0.29) is 24.0 Å². The molecule has 0 spiro atoms. The second-order valence-corrected chi connectivity index (χ2v) is 8.13. The Morgan fingerprint density at radius 3 is 2.63 bits per heavy atom. The van der Waals surface area contributed by atoms with E-state index in [1.165, 1.54) is 17.5 Å². The molecule has 0 bridgehead atoms. The molecule has 2 N–H and O–H groups in total. The molecule has 0 amide bonds. The van der Waals surface area contributed by atoms with Gasteiger partial charge in [0.25, 0.3) is 0 Å². The zero-order valence-corrected chi connectivity index (χ0v) is 19.5. The summed E-state index contributed by atoms with van der Waals surface area (Å²) in [4.78, 5) is 8.45. The Labute approximate surface area is 181 Å². The topological polar surface area (TPSA) is 54.2 Å². The highest BCUT2D eigenvalue weighted by Gasteiger charge is 2.13. The molecule has 5 nitrogen and oxygen atoms in total. The Morgan fingerprint density at radius 2 is 2.00 bits per heavy atom. The van der Waals surface area contributed by atoms with Gasteiger partial charge in [-0.1, -0.05) is 45.0 Å². The largest absolute Gasteiger partial charge is 0.354 e. The fourth-order valence-corrected chi connectivity index (χ4v) is 2.76. The van der Waals surface area contributed by atoms with E-state index in [2.05, 4.69) is 77.1 Å². The van der Waals surface area contributed by atoms with Crippen LogP contribution in [0.25, 0.3) is 0 Å². The average molecular weight is 483 g/mol. The van der Waals surface area contributed by atoms with Crippen molar-refractivity contribution in [2.75, 3.05) is 7.05 Å². The number of benzene rings is 1. The van der Waals surface area contributed by atoms with Crippen molar-refractivity contribution in [1.82, 2.24) is 20.2 Å². The molecule has 150 valence electrons. The SMILES string of the molecule is CN=C(NCc1cccc(Cn2ccnc2)c1)NC(C)CCC(C)(C)C.I. The lowest BCUT2D eigenvalue weighted by molar-refractivity contribution is 0.346. The molecule has 0 fully saturated rings. The Kier molecular flexibility index (Phi) is 9.83. The van der Waals surface area contributed by atoms with Crippen molar-refractivity contribution in [3.8, 4) is 0 Å². The van der Waals surface area contributed by atoms with Crippen LogP contribution in [0.3, 0.4) is 0 Å². The van der Waals surface area contributed by atoms with Crippen molar-refractivity contribution in [3.05, 3.63) is 54.1 Å². The second kappa shape index (κ2) is 11.3. The maximum atomic E-state index is 4.35. The van der Waals surface area contributed by atoms with Crippen molar-refractivity contribution in [1.29, 1.82) is 0 Å². The Balaban J connectivity index is 0.00000364. The maximum Gasteiger partial charge on any atom is 0.191 e. The van der Waals surface area contributed by atoms with E-state index < -0.39 is 0 Å². The van der Waals surface area contributed by atoms with Gasteiger partial charge in [-0.3, -0.25) is 4.99 Å². The number of imidazole rings is 1. The summed E-state index contributed by atoms with van der Waals surface area (Å²) in [6.07, 6.45) is 7.95. The fourth-order valence-electron chi connectivity index (χ4n) is 2.76. The number of nitrogens with zero attached hydrogens (tertiary/aromatic N) is 3. The molecule has 0 saturated heterocycles. The average Bonchev–Trinajstić information content (AvgIpc) is 3.09. The lowest BCUT2D eigenvalue weighted by atomic mass is 9.89. The summed E-state index contributed by atoms with van der Waals surface area (Å²) in [6.45, 7) is 10.6. The highest BCUT2D eigenvalue weighted by Crippen LogP contribution is 2.21. The molecule has 6 heteroatoms. The summed E-state index contributed by atoms with van der Waals surface area (Å²) in [7, 11) is 1.82. The number of nitrogens with one attached hydrogen (secondary N) is 2. The number of aliphatic imine (C=N–C) groups is 1. The van der Waals surface area contributed by atoms with E-state index in [4.69, 9.17) is 0 Å². The first-order valence-electron chi connectivity index (χ1n) is 9.36. The van der Waals surface area contributed by atoms with Crippen molar-refractivity contribution in [3.63, 3.8) is 0 Å². The van der Waals surface area contributed by atoms with Crippen LogP contribution >= 0.6 is 24.0 Å². The summed E-state index contributed by atoms with van der Waals surface area (Å²) >= 11 is 0. The standard InChI is InChI=1S/C21H33N5.HI/c1-17(9-10-21(2,3)4)25-20(22-5)24-14-18-7-6-8-19(13-18)15-26-12-11-23-16-26;/h6-8,11-13,16-17H,9-10,14-15H2,1-5H3,(H2,22,24,25);1H. The third kappa shape index (κ3) is 9.26. The van der Waals surface area contributed by atoms with Gasteiger partial charge < -0.3 is 15.2 Å². The first-order valence-corrected chi connectivity index (χ1v) is 9.36. The van der Waals surface area contributed by atoms with Crippen LogP contribution in [0, 0.1) is 5.41 Å². The molecule has 0 aliphatic rings. The highest BCUT2D eigenvalue weighted by molar-refractivity contribution is 14.0. The van der Waals surface area contributed by atoms with Crippen LogP contribution in [0.4, 0.5) is 0 Å². The Bertz CT molecular complexity index is 689. The first kappa shape index (κ1) is 23.5. The van der Waals surface area contributed by atoms with E-state index in [0.29, 0.717) is 11.5 Å². The van der Waals surface area contributed by atoms with Gasteiger partial charge in [0, 0.05) is 38.6 Å². The number of rotatable bonds is 7. The number of guanidine groups is 1. The van der Waals surface area contributed by atoms with Crippen molar-refractivity contribution in [2.24, 2.45) is 10.4 Å². The maximum absolute atomic E-state index is 4.35. The van der Waals surface area contributed by atoms with Crippen molar-refractivity contribution in [2.45, 2.75) is 59.7 Å². The molecule has 1 aromatic carbocycles. The predicted octanol–water partition coefficient (Wildman–Crippen LogP) is 4.43. The van der Waals surface area contributed by atoms with Crippen LogP contribution in [0.2, 0.25) is 0 Å². The zero-order valence-electron chi connectivity index (χ0n) is 17.2. The van der Waals surface area contributed by atoms with Gasteiger partial charge in [0.05, 0.1) is 6.33 Å². The van der Waals surface area contributed by atoms with E-state index in [1.54, 1.807) is 0 Å². The van der Waals surface area contributed by atoms with Crippen LogP contribution in [0.15, 0.2) is 48.0 Å². The number of aromatic nitrogens is 2. The van der Waals surface area contributed by atoms with Gasteiger partial charge >= 0.3 is 0 Å². The molecule has 0 aliphatic carbocycles. The summed E-state index contributed by atoms with van der Waals surface area (Å²) in [5, 5.41) is 6.91. The third-order valence-corrected chi connectivity index (χ3v) is 4.31. The predicted molar refractivity (Wildman–Crippen MR) is 125 cm³/mol. The van der Waals surface area contributed by atoms with Crippen LogP contribution in [-0.4, -0.2) is 28.6 Å². The van der Waals surface area contributed by atoms with Crippen LogP contribution in [-0.2, 0) is 13.1 Å². The van der Waals surface area contributed by atoms with Crippen LogP contribution < -0.4 is 10.6 Å². The summed E-state index contributed by atoms with van der Waals surface area (Å²) in [5.41, 5.74) is 2.87. The second-order valence-electron chi connectivity index (χ2n) is 8.13. The molecule has 27 heavy (non-hydrogen) atoms. The van der Waals surface area contributed by atoms with Gasteiger partial charge in [-0.15, -0.1) is 24.0 Å². The lowest BCUT2D eigenvalue weighted by Gasteiger charge is -2.23. The van der Waals surface area contributed by atoms with E-state index in [9.17, 15) is 0 Å². The molecule has 0 aliphatic heterocycles. The van der Waals surface area contributed by atoms with Crippen LogP contribution in [0.1, 0.15) is 51.7 Å². The molecular weight excluding hydrogens is 449 g/mol. The van der Waals surface area contributed by atoms with Crippen molar-refractivity contribution < 1.29 is 0 Å². The highest BCUT2D eigenvalue weighted by atomic mass is 127. The number of halogens is 1. The molecular formula is C21H34IN5. The minimum atomic E-state index is 0. The molecule has 2 aromatic rings. The van der Waals surface area contributed by atoms with E-state index >= 15 is 0 Å². The first-order chi connectivity index (χ1) is 12.4. The van der Waals surface area contributed by atoms with Gasteiger partial charge in [-0.05, 0) is 36.3 Å². The zero-order chi connectivity index (χ0) is 19.0.